The molecule has 3 aromatic heterocycles. The van der Waals surface area contributed by atoms with Crippen LogP contribution in [0.15, 0.2) is 41.0 Å². The highest BCUT2D eigenvalue weighted by Gasteiger charge is 2.12. The van der Waals surface area contributed by atoms with E-state index in [1.165, 1.54) is 11.3 Å². The highest BCUT2D eigenvalue weighted by Crippen LogP contribution is 2.32. The molecule has 8 heteroatoms. The lowest BCUT2D eigenvalue weighted by Gasteiger charge is -1.99. The molecule has 0 radical (unpaired) electrons. The average Bonchev–Trinajstić information content (AvgIpc) is 3.22. The largest absolute Gasteiger partial charge is 0.388 e. The van der Waals surface area contributed by atoms with E-state index < -0.39 is 0 Å². The van der Waals surface area contributed by atoms with Crippen molar-refractivity contribution in [3.8, 4) is 0 Å². The molecule has 0 atom stereocenters. The van der Waals surface area contributed by atoms with Gasteiger partial charge in [-0.15, -0.1) is 22.7 Å². The molecule has 0 spiro atoms. The molecule has 2 N–H and O–H groups in total. The summed E-state index contributed by atoms with van der Waals surface area (Å²) in [4.78, 5) is 18.3. The molecule has 0 aliphatic carbocycles. The standard InChI is InChI=1S/C15H11N5OS2/c16-15-13-14(9-3-1-2-4-10(9)19-15)23-12(20-13)8-21-18-7-11-17-5-6-22-11/h1-7H,8H2,(H2,16,19)/b18-7+. The third-order valence-electron chi connectivity index (χ3n) is 3.18. The summed E-state index contributed by atoms with van der Waals surface area (Å²) in [6, 6.07) is 7.89. The van der Waals surface area contributed by atoms with Gasteiger partial charge in [0.1, 0.15) is 21.7 Å². The molecule has 0 aliphatic rings. The van der Waals surface area contributed by atoms with Crippen LogP contribution in [0.1, 0.15) is 10.0 Å². The van der Waals surface area contributed by atoms with Crippen LogP contribution in [0.5, 0.6) is 0 Å². The van der Waals surface area contributed by atoms with Crippen molar-refractivity contribution in [3.05, 3.63) is 45.9 Å². The lowest BCUT2D eigenvalue weighted by Crippen LogP contribution is -1.93. The molecule has 23 heavy (non-hydrogen) atoms. The van der Waals surface area contributed by atoms with Crippen LogP contribution in [-0.2, 0) is 11.4 Å². The molecule has 0 unspecified atom stereocenters. The summed E-state index contributed by atoms with van der Waals surface area (Å²) in [6.07, 6.45) is 3.31. The second kappa shape index (κ2) is 5.90. The summed E-state index contributed by atoms with van der Waals surface area (Å²) in [5.41, 5.74) is 7.60. The molecule has 0 fully saturated rings. The minimum Gasteiger partial charge on any atom is -0.388 e. The fourth-order valence-electron chi connectivity index (χ4n) is 2.20. The fourth-order valence-corrected chi connectivity index (χ4v) is 3.70. The van der Waals surface area contributed by atoms with Crippen LogP contribution in [0.3, 0.4) is 0 Å². The maximum absolute atomic E-state index is 6.01. The Morgan fingerprint density at radius 3 is 3.04 bits per heavy atom. The first-order valence-corrected chi connectivity index (χ1v) is 8.49. The Labute approximate surface area is 139 Å². The summed E-state index contributed by atoms with van der Waals surface area (Å²) >= 11 is 3.04. The van der Waals surface area contributed by atoms with Crippen LogP contribution in [0.2, 0.25) is 0 Å². The number of oxime groups is 1. The Kier molecular flexibility index (Phi) is 3.60. The number of nitrogens with two attached hydrogens (primary N) is 1. The number of anilines is 1. The fraction of sp³-hybridized carbons (Fsp3) is 0.0667. The van der Waals surface area contributed by atoms with Gasteiger partial charge in [0, 0.05) is 17.0 Å². The van der Waals surface area contributed by atoms with Crippen LogP contribution >= 0.6 is 22.7 Å². The quantitative estimate of drug-likeness (QED) is 0.454. The predicted molar refractivity (Wildman–Crippen MR) is 93.8 cm³/mol. The van der Waals surface area contributed by atoms with Gasteiger partial charge in [0.15, 0.2) is 12.4 Å². The van der Waals surface area contributed by atoms with Crippen molar-refractivity contribution >= 4 is 55.8 Å². The number of nitrogen functional groups attached to an aromatic ring is 1. The number of fused-ring (bicyclic) bond motifs is 3. The van der Waals surface area contributed by atoms with E-state index in [0.717, 1.165) is 31.1 Å². The number of benzene rings is 1. The molecule has 4 rings (SSSR count). The average molecular weight is 341 g/mol. The van der Waals surface area contributed by atoms with Crippen molar-refractivity contribution < 1.29 is 4.84 Å². The van der Waals surface area contributed by atoms with Gasteiger partial charge in [0.2, 0.25) is 0 Å². The van der Waals surface area contributed by atoms with Gasteiger partial charge in [-0.25, -0.2) is 15.0 Å². The summed E-state index contributed by atoms with van der Waals surface area (Å²) in [5, 5.41) is 8.45. The Bertz CT molecular complexity index is 994. The molecule has 6 nitrogen and oxygen atoms in total. The number of aromatic nitrogens is 3. The van der Waals surface area contributed by atoms with Crippen molar-refractivity contribution in [1.29, 1.82) is 0 Å². The van der Waals surface area contributed by atoms with Gasteiger partial charge in [-0.2, -0.15) is 0 Å². The van der Waals surface area contributed by atoms with Crippen molar-refractivity contribution in [2.45, 2.75) is 6.61 Å². The molecule has 4 aromatic rings. The van der Waals surface area contributed by atoms with Crippen molar-refractivity contribution in [2.75, 3.05) is 5.73 Å². The van der Waals surface area contributed by atoms with E-state index in [4.69, 9.17) is 10.6 Å². The first kappa shape index (κ1) is 14.0. The topological polar surface area (TPSA) is 86.3 Å². The van der Waals surface area contributed by atoms with Crippen LogP contribution in [0.4, 0.5) is 5.82 Å². The summed E-state index contributed by atoms with van der Waals surface area (Å²) in [5.74, 6) is 0.437. The Morgan fingerprint density at radius 2 is 2.17 bits per heavy atom. The highest BCUT2D eigenvalue weighted by molar-refractivity contribution is 7.19. The van der Waals surface area contributed by atoms with E-state index in [0.29, 0.717) is 5.82 Å². The van der Waals surface area contributed by atoms with Crippen LogP contribution in [-0.4, -0.2) is 21.2 Å². The van der Waals surface area contributed by atoms with Gasteiger partial charge in [-0.3, -0.25) is 0 Å². The minimum absolute atomic E-state index is 0.287. The van der Waals surface area contributed by atoms with Crippen LogP contribution < -0.4 is 5.73 Å². The second-order valence-electron chi connectivity index (χ2n) is 4.68. The molecule has 114 valence electrons. The monoisotopic (exact) mass is 341 g/mol. The number of para-hydroxylation sites is 1. The van der Waals surface area contributed by atoms with Crippen LogP contribution in [0.25, 0.3) is 21.1 Å². The normalized spacial score (nSPS) is 11.7. The molecular formula is C15H11N5OS2. The summed E-state index contributed by atoms with van der Waals surface area (Å²) in [7, 11) is 0. The van der Waals surface area contributed by atoms with Gasteiger partial charge in [-0.05, 0) is 6.07 Å². The van der Waals surface area contributed by atoms with E-state index >= 15 is 0 Å². The van der Waals surface area contributed by atoms with E-state index in [9.17, 15) is 0 Å². The number of hydrogen-bond acceptors (Lipinski definition) is 8. The summed E-state index contributed by atoms with van der Waals surface area (Å²) < 4.78 is 1.02. The lowest BCUT2D eigenvalue weighted by atomic mass is 10.2. The van der Waals surface area contributed by atoms with Gasteiger partial charge in [0.05, 0.1) is 10.2 Å². The first-order chi connectivity index (χ1) is 11.3. The number of pyridine rings is 1. The molecular weight excluding hydrogens is 330 g/mol. The number of hydrogen-bond donors (Lipinski definition) is 1. The van der Waals surface area contributed by atoms with Gasteiger partial charge in [-0.1, -0.05) is 23.4 Å². The number of nitrogens with zero attached hydrogens (tertiary/aromatic N) is 4. The van der Waals surface area contributed by atoms with Crippen molar-refractivity contribution in [3.63, 3.8) is 0 Å². The number of rotatable bonds is 4. The van der Waals surface area contributed by atoms with Gasteiger partial charge < -0.3 is 10.6 Å². The third-order valence-corrected chi connectivity index (χ3v) is 4.95. The molecule has 3 heterocycles. The summed E-state index contributed by atoms with van der Waals surface area (Å²) in [6.45, 7) is 0.287. The zero-order chi connectivity index (χ0) is 15.6. The van der Waals surface area contributed by atoms with E-state index in [1.54, 1.807) is 23.7 Å². The second-order valence-corrected chi connectivity index (χ2v) is 6.69. The Morgan fingerprint density at radius 1 is 1.26 bits per heavy atom. The molecule has 0 bridgehead atoms. The zero-order valence-corrected chi connectivity index (χ0v) is 13.5. The smallest absolute Gasteiger partial charge is 0.168 e. The molecule has 0 saturated heterocycles. The van der Waals surface area contributed by atoms with Crippen molar-refractivity contribution in [2.24, 2.45) is 5.16 Å². The van der Waals surface area contributed by atoms with E-state index in [1.807, 2.05) is 29.6 Å². The predicted octanol–water partition coefficient (Wildman–Crippen LogP) is 3.43. The maximum atomic E-state index is 6.01. The van der Waals surface area contributed by atoms with Crippen LogP contribution in [0, 0.1) is 0 Å². The lowest BCUT2D eigenvalue weighted by molar-refractivity contribution is 0.132. The zero-order valence-electron chi connectivity index (χ0n) is 11.8. The highest BCUT2D eigenvalue weighted by atomic mass is 32.1. The minimum atomic E-state index is 0.287. The van der Waals surface area contributed by atoms with Gasteiger partial charge in [0.25, 0.3) is 0 Å². The number of thiazole rings is 2. The van der Waals surface area contributed by atoms with Crippen molar-refractivity contribution in [1.82, 2.24) is 15.0 Å². The first-order valence-electron chi connectivity index (χ1n) is 6.80. The maximum Gasteiger partial charge on any atom is 0.168 e. The van der Waals surface area contributed by atoms with E-state index in [2.05, 4.69) is 20.1 Å². The van der Waals surface area contributed by atoms with E-state index in [-0.39, 0.29) is 6.61 Å². The Balaban J connectivity index is 1.61. The van der Waals surface area contributed by atoms with Gasteiger partial charge >= 0.3 is 0 Å². The SMILES string of the molecule is Nc1nc2ccccc2c2sc(CO/N=C/c3nccs3)nc12. The molecule has 0 saturated carbocycles. The Hall–Kier alpha value is -2.58. The molecule has 1 aromatic carbocycles. The molecule has 0 amide bonds. The third kappa shape index (κ3) is 2.73. The molecule has 0 aliphatic heterocycles.